The van der Waals surface area contributed by atoms with Gasteiger partial charge in [-0.1, -0.05) is 6.92 Å². The number of carbonyl (C=O) groups excluding carboxylic acids is 1. The average Bonchev–Trinajstić information content (AvgIpc) is 2.26. The fourth-order valence-electron chi connectivity index (χ4n) is 1.32. The molecule has 0 fully saturated rings. The third-order valence-corrected chi connectivity index (χ3v) is 3.87. The number of hydrogen-bond donors (Lipinski definition) is 4. The Kier molecular flexibility index (Phi) is 7.14. The Bertz CT molecular complexity index is 474. The van der Waals surface area contributed by atoms with Crippen molar-refractivity contribution in [3.05, 3.63) is 0 Å². The molecule has 0 aromatic rings. The van der Waals surface area contributed by atoms with Crippen LogP contribution in [0.5, 0.6) is 0 Å². The standard InChI is InChI=1S/C10H18N2O7S/c1-3-4-20(18,19)12-6(2)9(15)11-7(10(16)17)5-8(13)14/h6-7,12H,3-5H2,1-2H3,(H,11,15)(H,13,14)(H,16,17). The van der Waals surface area contributed by atoms with Crippen molar-refractivity contribution in [2.24, 2.45) is 0 Å². The van der Waals surface area contributed by atoms with Gasteiger partial charge in [0.1, 0.15) is 6.04 Å². The maximum atomic E-state index is 11.6. The summed E-state index contributed by atoms with van der Waals surface area (Å²) in [5, 5.41) is 19.2. The number of amides is 1. The van der Waals surface area contributed by atoms with Gasteiger partial charge in [-0.15, -0.1) is 0 Å². The Morgan fingerprint density at radius 1 is 1.20 bits per heavy atom. The molecule has 1 amide bonds. The van der Waals surface area contributed by atoms with Gasteiger partial charge >= 0.3 is 11.9 Å². The van der Waals surface area contributed by atoms with Crippen LogP contribution in [-0.2, 0) is 24.4 Å². The quantitative estimate of drug-likeness (QED) is 0.415. The first-order valence-electron chi connectivity index (χ1n) is 5.84. The van der Waals surface area contributed by atoms with Crippen LogP contribution in [0.2, 0.25) is 0 Å². The summed E-state index contributed by atoms with van der Waals surface area (Å²) in [7, 11) is -3.63. The van der Waals surface area contributed by atoms with Crippen LogP contribution in [0.3, 0.4) is 0 Å². The van der Waals surface area contributed by atoms with Gasteiger partial charge in [0, 0.05) is 0 Å². The van der Waals surface area contributed by atoms with Gasteiger partial charge in [0.15, 0.2) is 0 Å². The Morgan fingerprint density at radius 3 is 2.15 bits per heavy atom. The zero-order valence-electron chi connectivity index (χ0n) is 11.1. The minimum atomic E-state index is -3.63. The van der Waals surface area contributed by atoms with Crippen LogP contribution in [0.4, 0.5) is 0 Å². The molecule has 0 heterocycles. The molecule has 2 unspecified atom stereocenters. The SMILES string of the molecule is CCCS(=O)(=O)NC(C)C(=O)NC(CC(=O)O)C(=O)O. The van der Waals surface area contributed by atoms with Crippen molar-refractivity contribution in [3.63, 3.8) is 0 Å². The van der Waals surface area contributed by atoms with Crippen molar-refractivity contribution in [3.8, 4) is 0 Å². The summed E-state index contributed by atoms with van der Waals surface area (Å²) in [5.41, 5.74) is 0. The van der Waals surface area contributed by atoms with E-state index in [2.05, 4.69) is 4.72 Å². The first kappa shape index (κ1) is 18.3. The number of carboxylic acids is 2. The number of aliphatic carboxylic acids is 2. The molecule has 9 nitrogen and oxygen atoms in total. The summed E-state index contributed by atoms with van der Waals surface area (Å²) in [6.07, 6.45) is -0.435. The monoisotopic (exact) mass is 310 g/mol. The largest absolute Gasteiger partial charge is 0.481 e. The van der Waals surface area contributed by atoms with Crippen LogP contribution in [0, 0.1) is 0 Å². The highest BCUT2D eigenvalue weighted by atomic mass is 32.2. The molecule has 0 saturated heterocycles. The zero-order chi connectivity index (χ0) is 15.9. The molecule has 0 spiro atoms. The highest BCUT2D eigenvalue weighted by Crippen LogP contribution is 1.97. The van der Waals surface area contributed by atoms with Gasteiger partial charge in [0.25, 0.3) is 0 Å². The lowest BCUT2D eigenvalue weighted by atomic mass is 10.2. The maximum Gasteiger partial charge on any atom is 0.326 e. The minimum absolute atomic E-state index is 0.165. The minimum Gasteiger partial charge on any atom is -0.481 e. The highest BCUT2D eigenvalue weighted by molar-refractivity contribution is 7.89. The summed E-state index contributed by atoms with van der Waals surface area (Å²) >= 11 is 0. The molecule has 0 rings (SSSR count). The first-order valence-corrected chi connectivity index (χ1v) is 7.49. The van der Waals surface area contributed by atoms with Gasteiger partial charge in [-0.05, 0) is 13.3 Å². The molecule has 0 radical (unpaired) electrons. The van der Waals surface area contributed by atoms with Crippen molar-refractivity contribution in [1.29, 1.82) is 0 Å². The Hall–Kier alpha value is -1.68. The second-order valence-electron chi connectivity index (χ2n) is 4.16. The van der Waals surface area contributed by atoms with Crippen molar-refractivity contribution in [1.82, 2.24) is 10.0 Å². The second-order valence-corrected chi connectivity index (χ2v) is 6.03. The molecular formula is C10H18N2O7S. The Morgan fingerprint density at radius 2 is 1.75 bits per heavy atom. The van der Waals surface area contributed by atoms with Crippen LogP contribution in [0.25, 0.3) is 0 Å². The molecule has 2 atom stereocenters. The first-order chi connectivity index (χ1) is 9.09. The molecule has 0 aromatic carbocycles. The van der Waals surface area contributed by atoms with Crippen molar-refractivity contribution in [2.75, 3.05) is 5.75 Å². The van der Waals surface area contributed by atoms with E-state index < -0.39 is 46.4 Å². The van der Waals surface area contributed by atoms with Crippen LogP contribution in [0.15, 0.2) is 0 Å². The van der Waals surface area contributed by atoms with Crippen molar-refractivity contribution >= 4 is 27.9 Å². The number of rotatable bonds is 9. The molecule has 10 heteroatoms. The number of nitrogens with one attached hydrogen (secondary N) is 2. The highest BCUT2D eigenvalue weighted by Gasteiger charge is 2.26. The lowest BCUT2D eigenvalue weighted by Crippen LogP contribution is -2.51. The summed E-state index contributed by atoms with van der Waals surface area (Å²) < 4.78 is 25.0. The smallest absolute Gasteiger partial charge is 0.326 e. The number of hydrogen-bond acceptors (Lipinski definition) is 5. The number of carbonyl (C=O) groups is 3. The summed E-state index contributed by atoms with van der Waals surface area (Å²) in [6, 6.07) is -2.81. The van der Waals surface area contributed by atoms with E-state index in [1.54, 1.807) is 6.92 Å². The van der Waals surface area contributed by atoms with Crippen molar-refractivity contribution < 1.29 is 33.0 Å². The van der Waals surface area contributed by atoms with Crippen LogP contribution < -0.4 is 10.0 Å². The molecule has 20 heavy (non-hydrogen) atoms. The fraction of sp³-hybridized carbons (Fsp3) is 0.700. The molecule has 116 valence electrons. The second kappa shape index (κ2) is 7.80. The van der Waals surface area contributed by atoms with Gasteiger partial charge in [0.05, 0.1) is 18.2 Å². The molecule has 0 aliphatic heterocycles. The van der Waals surface area contributed by atoms with E-state index in [4.69, 9.17) is 10.2 Å². The summed E-state index contributed by atoms with van der Waals surface area (Å²) in [4.78, 5) is 32.8. The lowest BCUT2D eigenvalue weighted by Gasteiger charge is -2.17. The van der Waals surface area contributed by atoms with E-state index in [0.717, 1.165) is 0 Å². The van der Waals surface area contributed by atoms with E-state index in [1.165, 1.54) is 6.92 Å². The van der Waals surface area contributed by atoms with E-state index >= 15 is 0 Å². The van der Waals surface area contributed by atoms with Gasteiger partial charge < -0.3 is 15.5 Å². The van der Waals surface area contributed by atoms with Gasteiger partial charge in [-0.2, -0.15) is 0 Å². The molecule has 0 aromatic heterocycles. The predicted octanol–water partition coefficient (Wildman–Crippen LogP) is -1.25. The number of carboxylic acid groups (broad SMARTS) is 2. The van der Waals surface area contributed by atoms with E-state index in [0.29, 0.717) is 6.42 Å². The van der Waals surface area contributed by atoms with Crippen LogP contribution in [0.1, 0.15) is 26.7 Å². The fourth-order valence-corrected chi connectivity index (χ4v) is 2.62. The Balaban J connectivity index is 4.65. The molecular weight excluding hydrogens is 292 g/mol. The van der Waals surface area contributed by atoms with Crippen LogP contribution in [-0.4, -0.2) is 54.3 Å². The lowest BCUT2D eigenvalue weighted by molar-refractivity contribution is -0.147. The third-order valence-electron chi connectivity index (χ3n) is 2.22. The van der Waals surface area contributed by atoms with E-state index in [1.807, 2.05) is 5.32 Å². The zero-order valence-corrected chi connectivity index (χ0v) is 11.9. The molecule has 0 bridgehead atoms. The van der Waals surface area contributed by atoms with Gasteiger partial charge in [-0.25, -0.2) is 17.9 Å². The summed E-state index contributed by atoms with van der Waals surface area (Å²) in [6.45, 7) is 2.89. The van der Waals surface area contributed by atoms with E-state index in [-0.39, 0.29) is 5.75 Å². The maximum absolute atomic E-state index is 11.6. The van der Waals surface area contributed by atoms with Crippen LogP contribution >= 0.6 is 0 Å². The third kappa shape index (κ3) is 7.04. The summed E-state index contributed by atoms with van der Waals surface area (Å²) in [5.74, 6) is -3.97. The molecule has 0 saturated carbocycles. The molecule has 0 aliphatic rings. The predicted molar refractivity (Wildman–Crippen MR) is 68.5 cm³/mol. The normalized spacial score (nSPS) is 14.3. The number of sulfonamides is 1. The topological polar surface area (TPSA) is 150 Å². The van der Waals surface area contributed by atoms with Gasteiger partial charge in [-0.3, -0.25) is 9.59 Å². The van der Waals surface area contributed by atoms with E-state index in [9.17, 15) is 22.8 Å². The molecule has 0 aliphatic carbocycles. The Labute approximate surface area is 116 Å². The van der Waals surface area contributed by atoms with Crippen molar-refractivity contribution in [2.45, 2.75) is 38.8 Å². The average molecular weight is 310 g/mol. The molecule has 4 N–H and O–H groups in total. The van der Waals surface area contributed by atoms with Gasteiger partial charge in [0.2, 0.25) is 15.9 Å².